The van der Waals surface area contributed by atoms with Crippen molar-refractivity contribution < 1.29 is 9.90 Å². The second-order valence-corrected chi connectivity index (χ2v) is 6.06. The van der Waals surface area contributed by atoms with E-state index in [9.17, 15) is 9.90 Å². The first-order valence-electron chi connectivity index (χ1n) is 7.60. The third-order valence-electron chi connectivity index (χ3n) is 4.66. The van der Waals surface area contributed by atoms with Crippen LogP contribution in [0.1, 0.15) is 51.0 Å². The molecule has 1 saturated carbocycles. The molecular weight excluding hydrogens is 250 g/mol. The van der Waals surface area contributed by atoms with Gasteiger partial charge in [0.15, 0.2) is 0 Å². The van der Waals surface area contributed by atoms with E-state index in [4.69, 9.17) is 0 Å². The third kappa shape index (κ3) is 3.04. The molecule has 0 spiro atoms. The number of amides is 1. The molecule has 2 atom stereocenters. The molecule has 0 heterocycles. The van der Waals surface area contributed by atoms with Gasteiger partial charge in [-0.05, 0) is 30.7 Å². The van der Waals surface area contributed by atoms with Crippen molar-refractivity contribution >= 4 is 5.91 Å². The summed E-state index contributed by atoms with van der Waals surface area (Å²) in [5.74, 6) is 0.206. The molecule has 0 aromatic heterocycles. The first kappa shape index (κ1) is 15.0. The van der Waals surface area contributed by atoms with Crippen LogP contribution in [0.5, 0.6) is 0 Å². The number of benzene rings is 1. The maximum Gasteiger partial charge on any atom is 0.228 e. The average Bonchev–Trinajstić information content (AvgIpc) is 2.44. The molecule has 3 nitrogen and oxygen atoms in total. The van der Waals surface area contributed by atoms with E-state index in [0.717, 1.165) is 31.2 Å². The Bertz CT molecular complexity index is 434. The van der Waals surface area contributed by atoms with Gasteiger partial charge in [0.2, 0.25) is 5.91 Å². The second kappa shape index (κ2) is 6.40. The van der Waals surface area contributed by atoms with E-state index in [2.05, 4.69) is 19.2 Å². The molecule has 2 unspecified atom stereocenters. The molecule has 1 aromatic carbocycles. The molecule has 1 aliphatic carbocycles. The van der Waals surface area contributed by atoms with E-state index in [1.165, 1.54) is 0 Å². The van der Waals surface area contributed by atoms with Crippen LogP contribution >= 0.6 is 0 Å². The lowest BCUT2D eigenvalue weighted by atomic mass is 9.76. The fourth-order valence-corrected chi connectivity index (χ4v) is 2.90. The molecule has 20 heavy (non-hydrogen) atoms. The zero-order valence-electron chi connectivity index (χ0n) is 12.4. The Hall–Kier alpha value is -1.35. The zero-order valence-corrected chi connectivity index (χ0v) is 12.4. The zero-order chi connectivity index (χ0) is 14.6. The predicted octanol–water partition coefficient (Wildman–Crippen LogP) is 2.85. The molecule has 2 rings (SSSR count). The molecule has 3 heteroatoms. The summed E-state index contributed by atoms with van der Waals surface area (Å²) in [5.41, 5.74) is 0.698. The maximum atomic E-state index is 12.7. The van der Waals surface area contributed by atoms with E-state index in [-0.39, 0.29) is 29.9 Å². The summed E-state index contributed by atoms with van der Waals surface area (Å²) in [6.07, 6.45) is 3.81. The Morgan fingerprint density at radius 3 is 2.45 bits per heavy atom. The highest BCUT2D eigenvalue weighted by Gasteiger charge is 2.40. The number of rotatable bonds is 6. The highest BCUT2D eigenvalue weighted by molar-refractivity contribution is 5.84. The van der Waals surface area contributed by atoms with Gasteiger partial charge in [-0.3, -0.25) is 4.79 Å². The Kier molecular flexibility index (Phi) is 4.81. The van der Waals surface area contributed by atoms with E-state index in [1.807, 2.05) is 30.3 Å². The molecule has 2 N–H and O–H groups in total. The van der Waals surface area contributed by atoms with Crippen LogP contribution in [0.3, 0.4) is 0 Å². The van der Waals surface area contributed by atoms with Crippen LogP contribution in [0, 0.1) is 5.92 Å². The molecular formula is C17H25NO2. The fourth-order valence-electron chi connectivity index (χ4n) is 2.90. The SMILES string of the molecule is CCC(C)C(C(=O)NC1(CO)CCC1)c1ccccc1. The number of aliphatic hydroxyl groups excluding tert-OH is 1. The van der Waals surface area contributed by atoms with Crippen molar-refractivity contribution in [1.82, 2.24) is 5.32 Å². The molecule has 1 amide bonds. The predicted molar refractivity (Wildman–Crippen MR) is 80.4 cm³/mol. The molecule has 0 saturated heterocycles. The quantitative estimate of drug-likeness (QED) is 0.838. The summed E-state index contributed by atoms with van der Waals surface area (Å²) >= 11 is 0. The lowest BCUT2D eigenvalue weighted by Gasteiger charge is -2.42. The number of carbonyl (C=O) groups is 1. The van der Waals surface area contributed by atoms with Gasteiger partial charge >= 0.3 is 0 Å². The largest absolute Gasteiger partial charge is 0.394 e. The van der Waals surface area contributed by atoms with Crippen molar-refractivity contribution in [3.8, 4) is 0 Å². The standard InChI is InChI=1S/C17H25NO2/c1-3-13(2)15(14-8-5-4-6-9-14)16(20)18-17(12-19)10-7-11-17/h4-6,8-9,13,15,19H,3,7,10-12H2,1-2H3,(H,18,20). The van der Waals surface area contributed by atoms with Crippen LogP contribution in [0.4, 0.5) is 0 Å². The van der Waals surface area contributed by atoms with Crippen LogP contribution in [0.2, 0.25) is 0 Å². The van der Waals surface area contributed by atoms with E-state index in [0.29, 0.717) is 0 Å². The number of hydrogen-bond acceptors (Lipinski definition) is 2. The van der Waals surface area contributed by atoms with Crippen molar-refractivity contribution in [1.29, 1.82) is 0 Å². The first-order valence-corrected chi connectivity index (χ1v) is 7.60. The number of carbonyl (C=O) groups excluding carboxylic acids is 1. The third-order valence-corrected chi connectivity index (χ3v) is 4.66. The summed E-state index contributed by atoms with van der Waals surface area (Å²) in [7, 11) is 0. The highest BCUT2D eigenvalue weighted by Crippen LogP contribution is 2.34. The summed E-state index contributed by atoms with van der Waals surface area (Å²) < 4.78 is 0. The van der Waals surface area contributed by atoms with E-state index >= 15 is 0 Å². The van der Waals surface area contributed by atoms with Crippen LogP contribution in [-0.2, 0) is 4.79 Å². The van der Waals surface area contributed by atoms with E-state index < -0.39 is 0 Å². The lowest BCUT2D eigenvalue weighted by molar-refractivity contribution is -0.127. The Morgan fingerprint density at radius 2 is 2.00 bits per heavy atom. The van der Waals surface area contributed by atoms with Gasteiger partial charge in [-0.25, -0.2) is 0 Å². The monoisotopic (exact) mass is 275 g/mol. The summed E-state index contributed by atoms with van der Waals surface area (Å²) in [5, 5.41) is 12.6. The normalized spacial score (nSPS) is 19.8. The Balaban J connectivity index is 2.17. The Morgan fingerprint density at radius 1 is 1.35 bits per heavy atom. The molecule has 0 radical (unpaired) electrons. The summed E-state index contributed by atoms with van der Waals surface area (Å²) in [6, 6.07) is 9.95. The van der Waals surface area contributed by atoms with Gasteiger partial charge < -0.3 is 10.4 Å². The maximum absolute atomic E-state index is 12.7. The van der Waals surface area contributed by atoms with Gasteiger partial charge in [-0.15, -0.1) is 0 Å². The van der Waals surface area contributed by atoms with Gasteiger partial charge in [0.25, 0.3) is 0 Å². The van der Waals surface area contributed by atoms with Gasteiger partial charge in [-0.1, -0.05) is 50.6 Å². The molecule has 0 aliphatic heterocycles. The fraction of sp³-hybridized carbons (Fsp3) is 0.588. The van der Waals surface area contributed by atoms with Gasteiger partial charge in [0.05, 0.1) is 18.1 Å². The van der Waals surface area contributed by atoms with Gasteiger partial charge in [-0.2, -0.15) is 0 Å². The minimum Gasteiger partial charge on any atom is -0.394 e. The minimum absolute atomic E-state index is 0.0424. The van der Waals surface area contributed by atoms with Crippen molar-refractivity contribution in [3.05, 3.63) is 35.9 Å². The highest BCUT2D eigenvalue weighted by atomic mass is 16.3. The van der Waals surface area contributed by atoms with E-state index in [1.54, 1.807) is 0 Å². The number of nitrogens with one attached hydrogen (secondary N) is 1. The van der Waals surface area contributed by atoms with Crippen LogP contribution in [-0.4, -0.2) is 23.2 Å². The smallest absolute Gasteiger partial charge is 0.228 e. The summed E-state index contributed by atoms with van der Waals surface area (Å²) in [6.45, 7) is 4.27. The average molecular weight is 275 g/mol. The van der Waals surface area contributed by atoms with Gasteiger partial charge in [0, 0.05) is 0 Å². The van der Waals surface area contributed by atoms with Crippen LogP contribution in [0.25, 0.3) is 0 Å². The lowest BCUT2D eigenvalue weighted by Crippen LogP contribution is -2.57. The molecule has 1 aliphatic rings. The topological polar surface area (TPSA) is 49.3 Å². The minimum atomic E-state index is -0.364. The number of aliphatic hydroxyl groups is 1. The van der Waals surface area contributed by atoms with Crippen LogP contribution < -0.4 is 5.32 Å². The Labute approximate surface area is 121 Å². The molecule has 0 bridgehead atoms. The number of hydrogen-bond donors (Lipinski definition) is 2. The van der Waals surface area contributed by atoms with Crippen molar-refractivity contribution in [2.24, 2.45) is 5.92 Å². The summed E-state index contributed by atoms with van der Waals surface area (Å²) in [4.78, 5) is 12.7. The van der Waals surface area contributed by atoms with Gasteiger partial charge in [0.1, 0.15) is 0 Å². The van der Waals surface area contributed by atoms with Crippen molar-refractivity contribution in [2.45, 2.75) is 51.0 Å². The second-order valence-electron chi connectivity index (χ2n) is 6.06. The molecule has 1 aromatic rings. The van der Waals surface area contributed by atoms with Crippen LogP contribution in [0.15, 0.2) is 30.3 Å². The first-order chi connectivity index (χ1) is 9.62. The van der Waals surface area contributed by atoms with Crippen molar-refractivity contribution in [3.63, 3.8) is 0 Å². The molecule has 1 fully saturated rings. The van der Waals surface area contributed by atoms with Crippen molar-refractivity contribution in [2.75, 3.05) is 6.61 Å². The molecule has 110 valence electrons.